The van der Waals surface area contributed by atoms with E-state index >= 15 is 0 Å². The fraction of sp³-hybridized carbons (Fsp3) is 0.235. The molecule has 0 aliphatic carbocycles. The van der Waals surface area contributed by atoms with Gasteiger partial charge in [-0.05, 0) is 49.2 Å². The highest BCUT2D eigenvalue weighted by Crippen LogP contribution is 2.25. The molecule has 8 heteroatoms. The maximum Gasteiger partial charge on any atom is 0.238 e. The molecule has 0 unspecified atom stereocenters. The predicted molar refractivity (Wildman–Crippen MR) is 97.5 cm³/mol. The van der Waals surface area contributed by atoms with Gasteiger partial charge in [0.25, 0.3) is 0 Å². The van der Waals surface area contributed by atoms with Crippen LogP contribution in [-0.4, -0.2) is 20.9 Å². The zero-order valence-electron chi connectivity index (χ0n) is 13.9. The molecule has 0 aliphatic heterocycles. The maximum atomic E-state index is 12.1. The van der Waals surface area contributed by atoms with E-state index in [-0.39, 0.29) is 23.8 Å². The lowest BCUT2D eigenvalue weighted by Crippen LogP contribution is -2.18. The molecule has 0 fully saturated rings. The average molecular weight is 383 g/mol. The molecular weight excluding hydrogens is 364 g/mol. The van der Waals surface area contributed by atoms with Crippen molar-refractivity contribution in [2.75, 3.05) is 11.9 Å². The monoisotopic (exact) mass is 382 g/mol. The molecule has 0 bridgehead atoms. The van der Waals surface area contributed by atoms with Crippen LogP contribution in [0.15, 0.2) is 41.3 Å². The molecule has 0 aromatic heterocycles. The number of rotatable bonds is 6. The van der Waals surface area contributed by atoms with Crippen molar-refractivity contribution in [1.82, 2.24) is 0 Å². The standard InChI is InChI=1S/C17H19ClN2O4S/c1-11-9-13(25(19,22)23)10-15(12(11)2)20-17(21)7-8-24-16-6-4-3-5-14(16)18/h3-6,9-10H,7-8H2,1-2H3,(H,20,21)(H2,19,22,23). The number of para-hydroxylation sites is 1. The van der Waals surface area contributed by atoms with Crippen molar-refractivity contribution in [2.24, 2.45) is 5.14 Å². The summed E-state index contributed by atoms with van der Waals surface area (Å²) in [5.74, 6) is 0.196. The molecule has 134 valence electrons. The summed E-state index contributed by atoms with van der Waals surface area (Å²) in [5.41, 5.74) is 1.90. The van der Waals surface area contributed by atoms with Crippen LogP contribution in [0, 0.1) is 13.8 Å². The topological polar surface area (TPSA) is 98.5 Å². The Balaban J connectivity index is 2.03. The number of carbonyl (C=O) groups excluding carboxylic acids is 1. The van der Waals surface area contributed by atoms with Gasteiger partial charge in [-0.1, -0.05) is 23.7 Å². The lowest BCUT2D eigenvalue weighted by Gasteiger charge is -2.13. The molecule has 2 rings (SSSR count). The van der Waals surface area contributed by atoms with Gasteiger partial charge in [-0.2, -0.15) is 0 Å². The van der Waals surface area contributed by atoms with Gasteiger partial charge in [0.1, 0.15) is 5.75 Å². The summed E-state index contributed by atoms with van der Waals surface area (Å²) >= 11 is 5.97. The Bertz CT molecular complexity index is 898. The molecule has 0 aliphatic rings. The fourth-order valence-corrected chi connectivity index (χ4v) is 2.96. The van der Waals surface area contributed by atoms with E-state index in [4.69, 9.17) is 21.5 Å². The molecule has 2 aromatic rings. The largest absolute Gasteiger partial charge is 0.491 e. The van der Waals surface area contributed by atoms with Gasteiger partial charge >= 0.3 is 0 Å². The highest BCUT2D eigenvalue weighted by molar-refractivity contribution is 7.89. The van der Waals surface area contributed by atoms with Crippen LogP contribution < -0.4 is 15.2 Å². The Morgan fingerprint density at radius 3 is 2.56 bits per heavy atom. The first-order chi connectivity index (χ1) is 11.7. The Labute approximate surface area is 152 Å². The molecule has 0 saturated heterocycles. The van der Waals surface area contributed by atoms with E-state index in [0.29, 0.717) is 22.0 Å². The zero-order chi connectivity index (χ0) is 18.6. The third-order valence-electron chi connectivity index (χ3n) is 3.67. The van der Waals surface area contributed by atoms with E-state index < -0.39 is 10.0 Å². The van der Waals surface area contributed by atoms with E-state index in [1.54, 1.807) is 38.1 Å². The molecule has 0 saturated carbocycles. The van der Waals surface area contributed by atoms with Crippen LogP contribution in [0.1, 0.15) is 17.5 Å². The van der Waals surface area contributed by atoms with Crippen LogP contribution in [0.4, 0.5) is 5.69 Å². The summed E-state index contributed by atoms with van der Waals surface area (Å²) in [6.45, 7) is 3.68. The van der Waals surface area contributed by atoms with Gasteiger partial charge in [-0.15, -0.1) is 0 Å². The number of hydrogen-bond donors (Lipinski definition) is 2. The second kappa shape index (κ2) is 7.86. The van der Waals surface area contributed by atoms with Gasteiger partial charge in [0.15, 0.2) is 0 Å². The minimum absolute atomic E-state index is 0.0433. The summed E-state index contributed by atoms with van der Waals surface area (Å²) < 4.78 is 28.5. The van der Waals surface area contributed by atoms with Crippen molar-refractivity contribution in [2.45, 2.75) is 25.2 Å². The third-order valence-corrected chi connectivity index (χ3v) is 4.87. The van der Waals surface area contributed by atoms with Crippen molar-refractivity contribution < 1.29 is 17.9 Å². The summed E-state index contributed by atoms with van der Waals surface area (Å²) in [4.78, 5) is 12.1. The van der Waals surface area contributed by atoms with Crippen LogP contribution in [0.3, 0.4) is 0 Å². The Hall–Kier alpha value is -2.09. The minimum Gasteiger partial charge on any atom is -0.491 e. The number of ether oxygens (including phenoxy) is 1. The smallest absolute Gasteiger partial charge is 0.238 e. The second-order valence-corrected chi connectivity index (χ2v) is 7.50. The quantitative estimate of drug-likeness (QED) is 0.802. The molecule has 3 N–H and O–H groups in total. The van der Waals surface area contributed by atoms with E-state index in [1.165, 1.54) is 12.1 Å². The number of amides is 1. The first kappa shape index (κ1) is 19.2. The molecule has 25 heavy (non-hydrogen) atoms. The first-order valence-electron chi connectivity index (χ1n) is 7.49. The summed E-state index contributed by atoms with van der Waals surface area (Å²) in [7, 11) is -3.85. The van der Waals surface area contributed by atoms with Gasteiger partial charge in [-0.3, -0.25) is 4.79 Å². The van der Waals surface area contributed by atoms with Gasteiger partial charge in [0.05, 0.1) is 22.9 Å². The number of aryl methyl sites for hydroxylation is 1. The molecule has 6 nitrogen and oxygen atoms in total. The van der Waals surface area contributed by atoms with E-state index in [0.717, 1.165) is 5.56 Å². The molecule has 1 amide bonds. The molecule has 0 spiro atoms. The predicted octanol–water partition coefficient (Wildman–Crippen LogP) is 3.01. The third kappa shape index (κ3) is 5.19. The van der Waals surface area contributed by atoms with E-state index in [1.807, 2.05) is 0 Å². The van der Waals surface area contributed by atoms with Crippen LogP contribution in [0.25, 0.3) is 0 Å². The summed E-state index contributed by atoms with van der Waals surface area (Å²) in [6, 6.07) is 9.80. The van der Waals surface area contributed by atoms with Crippen molar-refractivity contribution >= 4 is 33.2 Å². The number of carbonyl (C=O) groups is 1. The zero-order valence-corrected chi connectivity index (χ0v) is 15.4. The van der Waals surface area contributed by atoms with E-state index in [9.17, 15) is 13.2 Å². The Kier molecular flexibility index (Phi) is 6.05. The number of halogens is 1. The minimum atomic E-state index is -3.85. The van der Waals surface area contributed by atoms with Gasteiger partial charge in [-0.25, -0.2) is 13.6 Å². The SMILES string of the molecule is Cc1cc(S(N)(=O)=O)cc(NC(=O)CCOc2ccccc2Cl)c1C. The average Bonchev–Trinajstić information content (AvgIpc) is 2.52. The number of primary sulfonamides is 1. The fourth-order valence-electron chi connectivity index (χ4n) is 2.15. The van der Waals surface area contributed by atoms with Crippen LogP contribution in [0.5, 0.6) is 5.75 Å². The first-order valence-corrected chi connectivity index (χ1v) is 9.42. The highest BCUT2D eigenvalue weighted by Gasteiger charge is 2.14. The van der Waals surface area contributed by atoms with Crippen molar-refractivity contribution in [3.05, 3.63) is 52.5 Å². The molecule has 0 atom stereocenters. The molecule has 0 radical (unpaired) electrons. The highest BCUT2D eigenvalue weighted by atomic mass is 35.5. The number of sulfonamides is 1. The molecule has 2 aromatic carbocycles. The number of anilines is 1. The lowest BCUT2D eigenvalue weighted by molar-refractivity contribution is -0.116. The Morgan fingerprint density at radius 2 is 1.92 bits per heavy atom. The van der Waals surface area contributed by atoms with Gasteiger partial charge < -0.3 is 10.1 Å². The number of benzene rings is 2. The maximum absolute atomic E-state index is 12.1. The van der Waals surface area contributed by atoms with Crippen LogP contribution in [-0.2, 0) is 14.8 Å². The van der Waals surface area contributed by atoms with Gasteiger partial charge in [0, 0.05) is 5.69 Å². The van der Waals surface area contributed by atoms with Gasteiger partial charge in [0.2, 0.25) is 15.9 Å². The number of nitrogens with two attached hydrogens (primary N) is 1. The van der Waals surface area contributed by atoms with Crippen LogP contribution >= 0.6 is 11.6 Å². The van der Waals surface area contributed by atoms with Crippen molar-refractivity contribution in [3.63, 3.8) is 0 Å². The van der Waals surface area contributed by atoms with Crippen molar-refractivity contribution in [3.8, 4) is 5.75 Å². The van der Waals surface area contributed by atoms with Crippen molar-refractivity contribution in [1.29, 1.82) is 0 Å². The lowest BCUT2D eigenvalue weighted by atomic mass is 10.1. The number of nitrogens with one attached hydrogen (secondary N) is 1. The molecular formula is C17H19ClN2O4S. The van der Waals surface area contributed by atoms with Crippen LogP contribution in [0.2, 0.25) is 5.02 Å². The second-order valence-electron chi connectivity index (χ2n) is 5.53. The summed E-state index contributed by atoms with van der Waals surface area (Å²) in [5, 5.41) is 8.32. The molecule has 0 heterocycles. The summed E-state index contributed by atoms with van der Waals surface area (Å²) in [6.07, 6.45) is 0.0866. The normalized spacial score (nSPS) is 11.2. The Morgan fingerprint density at radius 1 is 1.24 bits per heavy atom. The number of hydrogen-bond acceptors (Lipinski definition) is 4. The van der Waals surface area contributed by atoms with E-state index in [2.05, 4.69) is 5.32 Å².